The lowest BCUT2D eigenvalue weighted by atomic mass is 9.98. The van der Waals surface area contributed by atoms with E-state index in [1.165, 1.54) is 0 Å². The molecular weight excluding hydrogens is 148 g/mol. The Kier molecular flexibility index (Phi) is 4.89. The van der Waals surface area contributed by atoms with E-state index in [4.69, 9.17) is 12.8 Å². The normalized spacial score (nSPS) is 14.0. The summed E-state index contributed by atoms with van der Waals surface area (Å²) in [5, 5.41) is 0. The lowest BCUT2D eigenvalue weighted by Gasteiger charge is -2.04. The van der Waals surface area contributed by atoms with Gasteiger partial charge in [0, 0.05) is 24.7 Å². The molecule has 0 fully saturated rings. The molecule has 2 atom stereocenters. The summed E-state index contributed by atoms with van der Waals surface area (Å²) in [6.07, 6.45) is 11.2. The molecule has 0 aliphatic rings. The lowest BCUT2D eigenvalue weighted by Crippen LogP contribution is -2.07. The predicted molar refractivity (Wildman–Crippen MR) is 50.2 cm³/mol. The smallest absolute Gasteiger partial charge is 0.135 e. The number of carbonyl (C=O) groups excluding carboxylic acids is 1. The number of terminal acetylenes is 2. The van der Waals surface area contributed by atoms with Crippen molar-refractivity contribution in [3.8, 4) is 24.7 Å². The summed E-state index contributed by atoms with van der Waals surface area (Å²) in [6.45, 7) is 3.72. The number of hydrogen-bond acceptors (Lipinski definition) is 1. The van der Waals surface area contributed by atoms with Crippen LogP contribution in [0.2, 0.25) is 0 Å². The van der Waals surface area contributed by atoms with Gasteiger partial charge in [0.15, 0.2) is 0 Å². The molecule has 0 rings (SSSR count). The Bertz CT molecular complexity index is 202. The lowest BCUT2D eigenvalue weighted by molar-refractivity contribution is -0.119. The average molecular weight is 162 g/mol. The molecule has 0 radical (unpaired) electrons. The second-order valence-corrected chi connectivity index (χ2v) is 3.08. The fourth-order valence-corrected chi connectivity index (χ4v) is 0.884. The zero-order valence-corrected chi connectivity index (χ0v) is 7.63. The molecular formula is C11H14O. The van der Waals surface area contributed by atoms with E-state index < -0.39 is 0 Å². The molecule has 0 aromatic rings. The second-order valence-electron chi connectivity index (χ2n) is 3.08. The van der Waals surface area contributed by atoms with Gasteiger partial charge < -0.3 is 0 Å². The second kappa shape index (κ2) is 5.44. The summed E-state index contributed by atoms with van der Waals surface area (Å²) >= 11 is 0. The minimum Gasteiger partial charge on any atom is -0.300 e. The van der Waals surface area contributed by atoms with Gasteiger partial charge >= 0.3 is 0 Å². The molecule has 12 heavy (non-hydrogen) atoms. The van der Waals surface area contributed by atoms with Gasteiger partial charge in [0.2, 0.25) is 0 Å². The standard InChI is InChI=1S/C11H14O/c1-5-9(3)7-11(12)8-10(4)6-2/h1-2,9-10H,7-8H2,3-4H3. The van der Waals surface area contributed by atoms with Crippen LogP contribution in [0.1, 0.15) is 26.7 Å². The van der Waals surface area contributed by atoms with Crippen LogP contribution in [0.4, 0.5) is 0 Å². The van der Waals surface area contributed by atoms with Crippen LogP contribution in [-0.2, 0) is 4.79 Å². The van der Waals surface area contributed by atoms with Crippen LogP contribution in [0.3, 0.4) is 0 Å². The fourth-order valence-electron chi connectivity index (χ4n) is 0.884. The Hall–Kier alpha value is -1.21. The van der Waals surface area contributed by atoms with Crippen LogP contribution in [0.15, 0.2) is 0 Å². The molecule has 0 aliphatic heterocycles. The SMILES string of the molecule is C#CC(C)CC(=O)CC(C)C#C. The summed E-state index contributed by atoms with van der Waals surface area (Å²) < 4.78 is 0. The summed E-state index contributed by atoms with van der Waals surface area (Å²) in [5.41, 5.74) is 0. The van der Waals surface area contributed by atoms with E-state index in [0.29, 0.717) is 12.8 Å². The van der Waals surface area contributed by atoms with Crippen LogP contribution in [0.5, 0.6) is 0 Å². The number of hydrogen-bond donors (Lipinski definition) is 0. The van der Waals surface area contributed by atoms with Crippen molar-refractivity contribution in [3.63, 3.8) is 0 Å². The maximum absolute atomic E-state index is 11.2. The molecule has 0 spiro atoms. The minimum atomic E-state index is 0.0301. The van der Waals surface area contributed by atoms with Crippen molar-refractivity contribution in [2.24, 2.45) is 11.8 Å². The highest BCUT2D eigenvalue weighted by Crippen LogP contribution is 2.07. The van der Waals surface area contributed by atoms with Crippen molar-refractivity contribution in [3.05, 3.63) is 0 Å². The number of carbonyl (C=O) groups is 1. The van der Waals surface area contributed by atoms with Gasteiger partial charge in [-0.3, -0.25) is 4.79 Å². The Labute approximate surface area is 74.5 Å². The Morgan fingerprint density at radius 2 is 1.50 bits per heavy atom. The molecule has 0 saturated heterocycles. The van der Waals surface area contributed by atoms with Gasteiger partial charge in [-0.2, -0.15) is 0 Å². The van der Waals surface area contributed by atoms with Crippen LogP contribution in [0, 0.1) is 36.5 Å². The van der Waals surface area contributed by atoms with Crippen molar-refractivity contribution in [2.75, 3.05) is 0 Å². The Balaban J connectivity index is 3.78. The third-order valence-electron chi connectivity index (χ3n) is 1.64. The van der Waals surface area contributed by atoms with Gasteiger partial charge in [-0.1, -0.05) is 13.8 Å². The molecule has 0 saturated carbocycles. The number of rotatable bonds is 4. The largest absolute Gasteiger partial charge is 0.300 e. The topological polar surface area (TPSA) is 17.1 Å². The highest BCUT2D eigenvalue weighted by Gasteiger charge is 2.09. The quantitative estimate of drug-likeness (QED) is 0.577. The molecule has 2 unspecified atom stereocenters. The van der Waals surface area contributed by atoms with Gasteiger partial charge in [0.05, 0.1) is 0 Å². The Morgan fingerprint density at radius 3 is 1.75 bits per heavy atom. The monoisotopic (exact) mass is 162 g/mol. The molecule has 0 amide bonds. The third kappa shape index (κ3) is 4.58. The third-order valence-corrected chi connectivity index (χ3v) is 1.64. The zero-order chi connectivity index (χ0) is 9.56. The summed E-state index contributed by atoms with van der Waals surface area (Å²) in [4.78, 5) is 11.2. The van der Waals surface area contributed by atoms with Crippen molar-refractivity contribution >= 4 is 5.78 Å². The van der Waals surface area contributed by atoms with E-state index in [-0.39, 0.29) is 17.6 Å². The summed E-state index contributed by atoms with van der Waals surface area (Å²) in [6, 6.07) is 0. The minimum absolute atomic E-state index is 0.0301. The molecule has 64 valence electrons. The predicted octanol–water partition coefficient (Wildman–Crippen LogP) is 1.87. The molecule has 0 N–H and O–H groups in total. The van der Waals surface area contributed by atoms with E-state index in [0.717, 1.165) is 0 Å². The first-order valence-electron chi connectivity index (χ1n) is 4.04. The van der Waals surface area contributed by atoms with Crippen molar-refractivity contribution < 1.29 is 4.79 Å². The zero-order valence-electron chi connectivity index (χ0n) is 7.63. The van der Waals surface area contributed by atoms with Gasteiger partial charge in [-0.05, 0) is 0 Å². The van der Waals surface area contributed by atoms with Crippen LogP contribution >= 0.6 is 0 Å². The van der Waals surface area contributed by atoms with E-state index >= 15 is 0 Å². The first kappa shape index (κ1) is 10.8. The van der Waals surface area contributed by atoms with E-state index in [2.05, 4.69) is 11.8 Å². The highest BCUT2D eigenvalue weighted by atomic mass is 16.1. The van der Waals surface area contributed by atoms with Crippen LogP contribution in [0.25, 0.3) is 0 Å². The molecule has 0 aliphatic carbocycles. The molecule has 0 aromatic heterocycles. The first-order valence-corrected chi connectivity index (χ1v) is 4.04. The maximum atomic E-state index is 11.2. The van der Waals surface area contributed by atoms with Crippen molar-refractivity contribution in [1.29, 1.82) is 0 Å². The number of Topliss-reactive ketones (excluding diaryl/α,β-unsaturated/α-hetero) is 1. The maximum Gasteiger partial charge on any atom is 0.135 e. The molecule has 1 nitrogen and oxygen atoms in total. The summed E-state index contributed by atoms with van der Waals surface area (Å²) in [7, 11) is 0. The molecule has 0 aromatic carbocycles. The average Bonchev–Trinajstić information content (AvgIpc) is 2.03. The molecule has 1 heteroatoms. The van der Waals surface area contributed by atoms with E-state index in [1.807, 2.05) is 13.8 Å². The van der Waals surface area contributed by atoms with Gasteiger partial charge in [-0.15, -0.1) is 24.7 Å². The van der Waals surface area contributed by atoms with Gasteiger partial charge in [0.25, 0.3) is 0 Å². The molecule has 0 heterocycles. The van der Waals surface area contributed by atoms with Crippen molar-refractivity contribution in [1.82, 2.24) is 0 Å². The number of ketones is 1. The summed E-state index contributed by atoms with van der Waals surface area (Å²) in [5.74, 6) is 5.25. The highest BCUT2D eigenvalue weighted by molar-refractivity contribution is 5.79. The van der Waals surface area contributed by atoms with E-state index in [9.17, 15) is 4.79 Å². The van der Waals surface area contributed by atoms with Crippen molar-refractivity contribution in [2.45, 2.75) is 26.7 Å². The first-order chi connectivity index (χ1) is 5.60. The van der Waals surface area contributed by atoms with E-state index in [1.54, 1.807) is 0 Å². The van der Waals surface area contributed by atoms with Crippen LogP contribution < -0.4 is 0 Å². The fraction of sp³-hybridized carbons (Fsp3) is 0.545. The van der Waals surface area contributed by atoms with Gasteiger partial charge in [0.1, 0.15) is 5.78 Å². The van der Waals surface area contributed by atoms with Crippen LogP contribution in [-0.4, -0.2) is 5.78 Å². The Morgan fingerprint density at radius 1 is 1.17 bits per heavy atom. The molecule has 0 bridgehead atoms. The van der Waals surface area contributed by atoms with Gasteiger partial charge in [-0.25, -0.2) is 0 Å².